The highest BCUT2D eigenvalue weighted by molar-refractivity contribution is 5.85. The quantitative estimate of drug-likeness (QED) is 0.456. The second kappa shape index (κ2) is 8.92. The molecule has 1 saturated carbocycles. The van der Waals surface area contributed by atoms with Crippen molar-refractivity contribution in [3.8, 4) is 0 Å². The van der Waals surface area contributed by atoms with Crippen LogP contribution < -0.4 is 5.32 Å². The molecule has 1 aliphatic rings. The van der Waals surface area contributed by atoms with Gasteiger partial charge in [0.1, 0.15) is 0 Å². The van der Waals surface area contributed by atoms with Crippen LogP contribution in [0.5, 0.6) is 0 Å². The molecule has 0 aromatic heterocycles. The zero-order valence-corrected chi connectivity index (χ0v) is 11.9. The third-order valence-corrected chi connectivity index (χ3v) is 3.82. The molecule has 1 amide bonds. The molecule has 0 heterocycles. The third kappa shape index (κ3) is 5.46. The molecule has 0 aromatic rings. The summed E-state index contributed by atoms with van der Waals surface area (Å²) in [6.45, 7) is 0.867. The molecular formula is C14H25NO5. The van der Waals surface area contributed by atoms with E-state index >= 15 is 0 Å². The first kappa shape index (κ1) is 16.9. The average molecular weight is 287 g/mol. The van der Waals surface area contributed by atoms with Crippen LogP contribution in [0.2, 0.25) is 0 Å². The van der Waals surface area contributed by atoms with E-state index in [-0.39, 0.29) is 25.5 Å². The molecule has 1 rings (SSSR count). The van der Waals surface area contributed by atoms with Crippen LogP contribution in [0.4, 0.5) is 0 Å². The Morgan fingerprint density at radius 1 is 1.10 bits per heavy atom. The van der Waals surface area contributed by atoms with Crippen LogP contribution in [0.25, 0.3) is 0 Å². The van der Waals surface area contributed by atoms with Gasteiger partial charge in [0, 0.05) is 13.0 Å². The molecule has 0 aliphatic heterocycles. The Morgan fingerprint density at radius 3 is 2.30 bits per heavy atom. The normalized spacial score (nSPS) is 18.2. The predicted molar refractivity (Wildman–Crippen MR) is 73.3 cm³/mol. The van der Waals surface area contributed by atoms with Gasteiger partial charge in [-0.2, -0.15) is 0 Å². The molecule has 6 heteroatoms. The van der Waals surface area contributed by atoms with Gasteiger partial charge >= 0.3 is 5.97 Å². The number of aliphatic hydroxyl groups excluding tert-OH is 1. The second-order valence-corrected chi connectivity index (χ2v) is 5.36. The molecule has 0 saturated heterocycles. The van der Waals surface area contributed by atoms with Crippen molar-refractivity contribution in [3.63, 3.8) is 0 Å². The van der Waals surface area contributed by atoms with Crippen molar-refractivity contribution in [2.75, 3.05) is 26.4 Å². The topological polar surface area (TPSA) is 95.9 Å². The maximum absolute atomic E-state index is 11.9. The number of carbonyl (C=O) groups excluding carboxylic acids is 1. The number of carboxylic acid groups (broad SMARTS) is 1. The maximum Gasteiger partial charge on any atom is 0.310 e. The van der Waals surface area contributed by atoms with Crippen LogP contribution in [0.1, 0.15) is 44.9 Å². The van der Waals surface area contributed by atoms with Gasteiger partial charge in [-0.05, 0) is 12.8 Å². The first-order valence-electron chi connectivity index (χ1n) is 7.29. The summed E-state index contributed by atoms with van der Waals surface area (Å²) in [4.78, 5) is 23.4. The Kier molecular flexibility index (Phi) is 7.54. The van der Waals surface area contributed by atoms with E-state index in [4.69, 9.17) is 9.84 Å². The fraction of sp³-hybridized carbons (Fsp3) is 0.857. The van der Waals surface area contributed by atoms with E-state index in [0.29, 0.717) is 26.0 Å². The van der Waals surface area contributed by atoms with Crippen molar-refractivity contribution >= 4 is 11.9 Å². The number of amides is 1. The lowest BCUT2D eigenvalue weighted by atomic mass is 9.77. The standard InChI is InChI=1S/C14H25NO5/c16-8-10-20-9-7-15-12(17)11-14(13(18)19)5-3-1-2-4-6-14/h16H,1-11H2,(H,15,17)(H,18,19). The molecule has 0 aromatic carbocycles. The maximum atomic E-state index is 11.9. The van der Waals surface area contributed by atoms with E-state index in [1.54, 1.807) is 0 Å². The van der Waals surface area contributed by atoms with E-state index < -0.39 is 11.4 Å². The number of hydrogen-bond donors (Lipinski definition) is 3. The highest BCUT2D eigenvalue weighted by atomic mass is 16.5. The minimum Gasteiger partial charge on any atom is -0.481 e. The molecule has 6 nitrogen and oxygen atoms in total. The second-order valence-electron chi connectivity index (χ2n) is 5.36. The molecule has 0 unspecified atom stereocenters. The number of carbonyl (C=O) groups is 2. The van der Waals surface area contributed by atoms with E-state index in [9.17, 15) is 14.7 Å². The lowest BCUT2D eigenvalue weighted by Crippen LogP contribution is -2.38. The summed E-state index contributed by atoms with van der Waals surface area (Å²) in [5, 5.41) is 20.7. The minimum absolute atomic E-state index is 0.0440. The summed E-state index contributed by atoms with van der Waals surface area (Å²) in [5.41, 5.74) is -0.896. The summed E-state index contributed by atoms with van der Waals surface area (Å²) in [6.07, 6.45) is 5.05. The van der Waals surface area contributed by atoms with Crippen molar-refractivity contribution in [3.05, 3.63) is 0 Å². The summed E-state index contributed by atoms with van der Waals surface area (Å²) >= 11 is 0. The fourth-order valence-corrected chi connectivity index (χ4v) is 2.67. The zero-order chi connectivity index (χ0) is 14.8. The van der Waals surface area contributed by atoms with Gasteiger partial charge in [-0.3, -0.25) is 9.59 Å². The Morgan fingerprint density at radius 2 is 1.75 bits per heavy atom. The molecule has 116 valence electrons. The van der Waals surface area contributed by atoms with Gasteiger partial charge in [-0.1, -0.05) is 25.7 Å². The van der Waals surface area contributed by atoms with Crippen LogP contribution in [0.15, 0.2) is 0 Å². The predicted octanol–water partition coefficient (Wildman–Crippen LogP) is 0.927. The molecule has 3 N–H and O–H groups in total. The molecule has 0 atom stereocenters. The number of carboxylic acids is 1. The molecule has 0 bridgehead atoms. The van der Waals surface area contributed by atoms with Gasteiger partial charge in [0.25, 0.3) is 0 Å². The highest BCUT2D eigenvalue weighted by Crippen LogP contribution is 2.38. The first-order chi connectivity index (χ1) is 9.60. The number of rotatable bonds is 8. The molecule has 1 aliphatic carbocycles. The average Bonchev–Trinajstić information content (AvgIpc) is 2.65. The lowest BCUT2D eigenvalue weighted by Gasteiger charge is -2.27. The van der Waals surface area contributed by atoms with E-state index in [2.05, 4.69) is 5.32 Å². The van der Waals surface area contributed by atoms with Crippen molar-refractivity contribution < 1.29 is 24.5 Å². The lowest BCUT2D eigenvalue weighted by molar-refractivity contribution is -0.152. The Balaban J connectivity index is 2.40. The molecule has 20 heavy (non-hydrogen) atoms. The monoisotopic (exact) mass is 287 g/mol. The van der Waals surface area contributed by atoms with Crippen LogP contribution in [-0.4, -0.2) is 48.5 Å². The van der Waals surface area contributed by atoms with Crippen LogP contribution in [0.3, 0.4) is 0 Å². The summed E-state index contributed by atoms with van der Waals surface area (Å²) in [7, 11) is 0. The van der Waals surface area contributed by atoms with Crippen molar-refractivity contribution in [1.29, 1.82) is 0 Å². The zero-order valence-electron chi connectivity index (χ0n) is 11.9. The smallest absolute Gasteiger partial charge is 0.310 e. The molecule has 0 radical (unpaired) electrons. The Hall–Kier alpha value is -1.14. The van der Waals surface area contributed by atoms with Gasteiger partial charge in [0.15, 0.2) is 0 Å². The number of aliphatic hydroxyl groups is 1. The first-order valence-corrected chi connectivity index (χ1v) is 7.29. The van der Waals surface area contributed by atoms with Gasteiger partial charge in [-0.15, -0.1) is 0 Å². The summed E-state index contributed by atoms with van der Waals surface area (Å²) in [6, 6.07) is 0. The largest absolute Gasteiger partial charge is 0.481 e. The SMILES string of the molecule is O=C(CC1(C(=O)O)CCCCCC1)NCCOCCO. The van der Waals surface area contributed by atoms with Gasteiger partial charge in [-0.25, -0.2) is 0 Å². The van der Waals surface area contributed by atoms with Gasteiger partial charge in [0.2, 0.25) is 5.91 Å². The van der Waals surface area contributed by atoms with E-state index in [0.717, 1.165) is 25.7 Å². The molecule has 0 spiro atoms. The van der Waals surface area contributed by atoms with Crippen molar-refractivity contribution in [1.82, 2.24) is 5.32 Å². The van der Waals surface area contributed by atoms with E-state index in [1.807, 2.05) is 0 Å². The Labute approximate surface area is 119 Å². The summed E-state index contributed by atoms with van der Waals surface area (Å²) < 4.78 is 5.03. The molecule has 1 fully saturated rings. The van der Waals surface area contributed by atoms with E-state index in [1.165, 1.54) is 0 Å². The number of nitrogens with one attached hydrogen (secondary N) is 1. The number of hydrogen-bond acceptors (Lipinski definition) is 4. The highest BCUT2D eigenvalue weighted by Gasteiger charge is 2.40. The van der Waals surface area contributed by atoms with Crippen molar-refractivity contribution in [2.24, 2.45) is 5.41 Å². The number of ether oxygens (including phenoxy) is 1. The van der Waals surface area contributed by atoms with Gasteiger partial charge < -0.3 is 20.3 Å². The van der Waals surface area contributed by atoms with Crippen LogP contribution >= 0.6 is 0 Å². The third-order valence-electron chi connectivity index (χ3n) is 3.82. The fourth-order valence-electron chi connectivity index (χ4n) is 2.67. The van der Waals surface area contributed by atoms with Crippen LogP contribution in [-0.2, 0) is 14.3 Å². The van der Waals surface area contributed by atoms with Gasteiger partial charge in [0.05, 0.1) is 25.2 Å². The number of aliphatic carboxylic acids is 1. The minimum atomic E-state index is -0.896. The molecular weight excluding hydrogens is 262 g/mol. The van der Waals surface area contributed by atoms with Crippen LogP contribution in [0, 0.1) is 5.41 Å². The Bertz CT molecular complexity index is 311. The van der Waals surface area contributed by atoms with Crippen molar-refractivity contribution in [2.45, 2.75) is 44.9 Å². The summed E-state index contributed by atoms with van der Waals surface area (Å²) in [5.74, 6) is -1.09.